The van der Waals surface area contributed by atoms with Gasteiger partial charge in [0.1, 0.15) is 12.3 Å². The molecular formula is C9H13N3O. The summed E-state index contributed by atoms with van der Waals surface area (Å²) in [5.74, 6) is 1.35. The molecule has 70 valence electrons. The van der Waals surface area contributed by atoms with Crippen molar-refractivity contribution < 1.29 is 4.42 Å². The summed E-state index contributed by atoms with van der Waals surface area (Å²) in [7, 11) is 0. The van der Waals surface area contributed by atoms with Crippen molar-refractivity contribution in [3.05, 3.63) is 24.2 Å². The molecule has 1 aliphatic rings. The third-order valence-electron chi connectivity index (χ3n) is 1.91. The molecule has 0 spiro atoms. The second-order valence-corrected chi connectivity index (χ2v) is 3.20. The molecule has 13 heavy (non-hydrogen) atoms. The maximum absolute atomic E-state index is 5.63. The molecule has 0 radical (unpaired) electrons. The molecule has 1 saturated carbocycles. The Morgan fingerprint density at radius 1 is 1.69 bits per heavy atom. The Labute approximate surface area is 76.8 Å². The van der Waals surface area contributed by atoms with Crippen LogP contribution in [0.1, 0.15) is 18.6 Å². The summed E-state index contributed by atoms with van der Waals surface area (Å²) in [5, 5.41) is 3.10. The van der Waals surface area contributed by atoms with Crippen molar-refractivity contribution >= 4 is 5.96 Å². The van der Waals surface area contributed by atoms with Crippen LogP contribution in [-0.4, -0.2) is 12.0 Å². The average Bonchev–Trinajstić information content (AvgIpc) is 2.78. The zero-order valence-electron chi connectivity index (χ0n) is 7.36. The molecule has 0 unspecified atom stereocenters. The summed E-state index contributed by atoms with van der Waals surface area (Å²) in [6.45, 7) is 0.512. The van der Waals surface area contributed by atoms with E-state index in [1.165, 1.54) is 12.8 Å². The van der Waals surface area contributed by atoms with E-state index in [0.717, 1.165) is 5.76 Å². The maximum Gasteiger partial charge on any atom is 0.189 e. The molecule has 0 aliphatic heterocycles. The smallest absolute Gasteiger partial charge is 0.189 e. The number of rotatable bonds is 3. The summed E-state index contributed by atoms with van der Waals surface area (Å²) in [6, 6.07) is 4.28. The summed E-state index contributed by atoms with van der Waals surface area (Å²) in [5.41, 5.74) is 5.63. The molecule has 1 heterocycles. The number of hydrogen-bond donors (Lipinski definition) is 2. The van der Waals surface area contributed by atoms with Crippen LogP contribution in [0, 0.1) is 0 Å². The van der Waals surface area contributed by atoms with E-state index in [0.29, 0.717) is 18.5 Å². The minimum atomic E-state index is 0.512. The topological polar surface area (TPSA) is 63.5 Å². The SMILES string of the molecule is NC(=NCc1ccco1)NC1CC1. The third kappa shape index (κ3) is 2.50. The minimum Gasteiger partial charge on any atom is -0.467 e. The van der Waals surface area contributed by atoms with Gasteiger partial charge in [0.25, 0.3) is 0 Å². The first kappa shape index (κ1) is 8.16. The van der Waals surface area contributed by atoms with Gasteiger partial charge in [-0.15, -0.1) is 0 Å². The molecule has 1 aromatic heterocycles. The van der Waals surface area contributed by atoms with Gasteiger partial charge in [0, 0.05) is 6.04 Å². The molecule has 0 saturated heterocycles. The lowest BCUT2D eigenvalue weighted by molar-refractivity contribution is 0.512. The van der Waals surface area contributed by atoms with Crippen molar-refractivity contribution in [2.75, 3.05) is 0 Å². The summed E-state index contributed by atoms with van der Waals surface area (Å²) in [6.07, 6.45) is 4.04. The number of nitrogens with zero attached hydrogens (tertiary/aromatic N) is 1. The highest BCUT2D eigenvalue weighted by molar-refractivity contribution is 5.78. The molecule has 1 aliphatic carbocycles. The highest BCUT2D eigenvalue weighted by Crippen LogP contribution is 2.18. The third-order valence-corrected chi connectivity index (χ3v) is 1.91. The maximum atomic E-state index is 5.63. The number of guanidine groups is 1. The summed E-state index contributed by atoms with van der Waals surface area (Å²) < 4.78 is 5.11. The highest BCUT2D eigenvalue weighted by atomic mass is 16.3. The first-order chi connectivity index (χ1) is 6.34. The largest absolute Gasteiger partial charge is 0.467 e. The second kappa shape index (κ2) is 3.51. The fraction of sp³-hybridized carbons (Fsp3) is 0.444. The number of nitrogens with two attached hydrogens (primary N) is 1. The van der Waals surface area contributed by atoms with Crippen LogP contribution < -0.4 is 11.1 Å². The van der Waals surface area contributed by atoms with Gasteiger partial charge in [-0.1, -0.05) is 0 Å². The van der Waals surface area contributed by atoms with Crippen LogP contribution in [-0.2, 0) is 6.54 Å². The van der Waals surface area contributed by atoms with E-state index in [9.17, 15) is 0 Å². The van der Waals surface area contributed by atoms with Crippen LogP contribution in [0.2, 0.25) is 0 Å². The van der Waals surface area contributed by atoms with Crippen LogP contribution in [0.4, 0.5) is 0 Å². The van der Waals surface area contributed by atoms with Crippen LogP contribution in [0.5, 0.6) is 0 Å². The van der Waals surface area contributed by atoms with Crippen molar-refractivity contribution in [2.45, 2.75) is 25.4 Å². The molecular weight excluding hydrogens is 166 g/mol. The van der Waals surface area contributed by atoms with Crippen LogP contribution in [0.3, 0.4) is 0 Å². The predicted octanol–water partition coefficient (Wildman–Crippen LogP) is 0.846. The average molecular weight is 179 g/mol. The molecule has 1 aromatic rings. The van der Waals surface area contributed by atoms with Crippen molar-refractivity contribution in [1.29, 1.82) is 0 Å². The van der Waals surface area contributed by atoms with Crippen molar-refractivity contribution in [3.8, 4) is 0 Å². The van der Waals surface area contributed by atoms with E-state index in [1.54, 1.807) is 6.26 Å². The second-order valence-electron chi connectivity index (χ2n) is 3.20. The monoisotopic (exact) mass is 179 g/mol. The lowest BCUT2D eigenvalue weighted by Crippen LogP contribution is -2.33. The van der Waals surface area contributed by atoms with E-state index in [2.05, 4.69) is 10.3 Å². The molecule has 2 rings (SSSR count). The van der Waals surface area contributed by atoms with E-state index < -0.39 is 0 Å². The summed E-state index contributed by atoms with van der Waals surface area (Å²) in [4.78, 5) is 4.14. The van der Waals surface area contributed by atoms with Crippen LogP contribution in [0.25, 0.3) is 0 Å². The van der Waals surface area contributed by atoms with Gasteiger partial charge in [-0.2, -0.15) is 0 Å². The number of aliphatic imine (C=N–C) groups is 1. The Kier molecular flexibility index (Phi) is 2.21. The lowest BCUT2D eigenvalue weighted by atomic mass is 10.4. The van der Waals surface area contributed by atoms with Gasteiger partial charge in [0.05, 0.1) is 6.26 Å². The van der Waals surface area contributed by atoms with Gasteiger partial charge >= 0.3 is 0 Å². The zero-order valence-corrected chi connectivity index (χ0v) is 7.36. The Bertz CT molecular complexity index is 288. The Balaban J connectivity index is 1.81. The van der Waals surface area contributed by atoms with Crippen molar-refractivity contribution in [3.63, 3.8) is 0 Å². The number of furan rings is 1. The molecule has 0 bridgehead atoms. The van der Waals surface area contributed by atoms with E-state index in [4.69, 9.17) is 10.2 Å². The molecule has 1 fully saturated rings. The molecule has 0 amide bonds. The first-order valence-corrected chi connectivity index (χ1v) is 4.43. The molecule has 0 aromatic carbocycles. The van der Waals surface area contributed by atoms with E-state index >= 15 is 0 Å². The number of hydrogen-bond acceptors (Lipinski definition) is 2. The summed E-state index contributed by atoms with van der Waals surface area (Å²) >= 11 is 0. The van der Waals surface area contributed by atoms with Gasteiger partial charge in [-0.05, 0) is 25.0 Å². The van der Waals surface area contributed by atoms with E-state index in [-0.39, 0.29) is 0 Å². The normalized spacial score (nSPS) is 17.4. The first-order valence-electron chi connectivity index (χ1n) is 4.43. The fourth-order valence-corrected chi connectivity index (χ4v) is 1.05. The molecule has 0 atom stereocenters. The van der Waals surface area contributed by atoms with Crippen LogP contribution >= 0.6 is 0 Å². The lowest BCUT2D eigenvalue weighted by Gasteiger charge is -2.01. The fourth-order valence-electron chi connectivity index (χ4n) is 1.05. The molecule has 4 heteroatoms. The Morgan fingerprint density at radius 2 is 2.54 bits per heavy atom. The Hall–Kier alpha value is -1.45. The molecule has 4 nitrogen and oxygen atoms in total. The number of nitrogens with one attached hydrogen (secondary N) is 1. The van der Waals surface area contributed by atoms with E-state index in [1.807, 2.05) is 12.1 Å². The minimum absolute atomic E-state index is 0.512. The quantitative estimate of drug-likeness (QED) is 0.534. The van der Waals surface area contributed by atoms with Crippen molar-refractivity contribution in [1.82, 2.24) is 5.32 Å². The van der Waals surface area contributed by atoms with Crippen LogP contribution in [0.15, 0.2) is 27.8 Å². The van der Waals surface area contributed by atoms with Gasteiger partial charge in [-0.3, -0.25) is 0 Å². The zero-order chi connectivity index (χ0) is 9.10. The Morgan fingerprint density at radius 3 is 3.15 bits per heavy atom. The molecule has 3 N–H and O–H groups in total. The predicted molar refractivity (Wildman–Crippen MR) is 50.2 cm³/mol. The van der Waals surface area contributed by atoms with Gasteiger partial charge in [0.2, 0.25) is 0 Å². The van der Waals surface area contributed by atoms with Gasteiger partial charge in [-0.25, -0.2) is 4.99 Å². The standard InChI is InChI=1S/C9H13N3O/c10-9(12-7-3-4-7)11-6-8-2-1-5-13-8/h1-2,5,7H,3-4,6H2,(H3,10,11,12). The highest BCUT2D eigenvalue weighted by Gasteiger charge is 2.21. The van der Waals surface area contributed by atoms with Gasteiger partial charge < -0.3 is 15.5 Å². The van der Waals surface area contributed by atoms with Gasteiger partial charge in [0.15, 0.2) is 5.96 Å². The van der Waals surface area contributed by atoms with Crippen molar-refractivity contribution in [2.24, 2.45) is 10.7 Å².